The van der Waals surface area contributed by atoms with Gasteiger partial charge in [-0.15, -0.1) is 10.2 Å². The molecule has 0 amide bonds. The number of halogens is 4. The summed E-state index contributed by atoms with van der Waals surface area (Å²) in [6, 6.07) is 2.77. The molecule has 2 aliphatic rings. The van der Waals surface area contributed by atoms with Gasteiger partial charge in [-0.25, -0.2) is 27.5 Å². The van der Waals surface area contributed by atoms with Crippen LogP contribution < -0.4 is 4.90 Å². The van der Waals surface area contributed by atoms with Crippen molar-refractivity contribution in [1.29, 1.82) is 0 Å². The average Bonchev–Trinajstić information content (AvgIpc) is 3.59. The van der Waals surface area contributed by atoms with Gasteiger partial charge in [0.05, 0.1) is 12.2 Å². The average molecular weight is 484 g/mol. The van der Waals surface area contributed by atoms with E-state index in [9.17, 15) is 17.6 Å². The summed E-state index contributed by atoms with van der Waals surface area (Å²) in [5, 5.41) is 8.29. The minimum atomic E-state index is -2.74. The van der Waals surface area contributed by atoms with E-state index in [1.165, 1.54) is 12.3 Å². The van der Waals surface area contributed by atoms with Crippen molar-refractivity contribution in [1.82, 2.24) is 34.3 Å². The normalized spacial score (nSPS) is 20.7. The number of benzene rings is 1. The molecule has 0 N–H and O–H groups in total. The summed E-state index contributed by atoms with van der Waals surface area (Å²) >= 11 is 0. The van der Waals surface area contributed by atoms with Gasteiger partial charge in [0.25, 0.3) is 0 Å². The molecule has 12 heteroatoms. The molecule has 1 aliphatic heterocycles. The number of aromatic nitrogens is 7. The van der Waals surface area contributed by atoms with E-state index in [0.29, 0.717) is 41.6 Å². The molecule has 1 aliphatic carbocycles. The molecule has 4 aromatic rings. The zero-order valence-electron chi connectivity index (χ0n) is 18.6. The number of anilines is 1. The molecule has 1 aromatic carbocycles. The van der Waals surface area contributed by atoms with E-state index in [1.54, 1.807) is 27.9 Å². The van der Waals surface area contributed by atoms with E-state index in [-0.39, 0.29) is 24.8 Å². The topological polar surface area (TPSA) is 77.5 Å². The lowest BCUT2D eigenvalue weighted by atomic mass is 10.0. The Kier molecular flexibility index (Phi) is 4.87. The summed E-state index contributed by atoms with van der Waals surface area (Å²) in [6.07, 6.45) is 6.73. The minimum absolute atomic E-state index is 0.188. The van der Waals surface area contributed by atoms with E-state index in [4.69, 9.17) is 4.98 Å². The summed E-state index contributed by atoms with van der Waals surface area (Å²) in [7, 11) is 0. The first-order chi connectivity index (χ1) is 16.9. The third-order valence-electron chi connectivity index (χ3n) is 6.64. The monoisotopic (exact) mass is 484 g/mol. The minimum Gasteiger partial charge on any atom is -0.341 e. The first kappa shape index (κ1) is 21.7. The molecule has 0 spiro atoms. The van der Waals surface area contributed by atoms with Crippen LogP contribution in [0.2, 0.25) is 0 Å². The number of hydrogen-bond donors (Lipinski definition) is 0. The number of hydrogen-bond acceptors (Lipinski definition) is 6. The van der Waals surface area contributed by atoms with Crippen LogP contribution in [0.3, 0.4) is 0 Å². The van der Waals surface area contributed by atoms with Gasteiger partial charge in [-0.1, -0.05) is 6.92 Å². The summed E-state index contributed by atoms with van der Waals surface area (Å²) in [5.41, 5.74) is 0.929. The molecule has 0 bridgehead atoms. The lowest BCUT2D eigenvalue weighted by Gasteiger charge is -2.40. The maximum atomic E-state index is 14.2. The van der Waals surface area contributed by atoms with Crippen LogP contribution in [0.4, 0.5) is 23.4 Å². The Balaban J connectivity index is 1.49. The van der Waals surface area contributed by atoms with Crippen LogP contribution in [0, 0.1) is 11.6 Å². The lowest BCUT2D eigenvalue weighted by Crippen LogP contribution is -2.42. The maximum absolute atomic E-state index is 14.2. The van der Waals surface area contributed by atoms with Crippen molar-refractivity contribution in [2.75, 3.05) is 4.90 Å². The smallest absolute Gasteiger partial charge is 0.250 e. The summed E-state index contributed by atoms with van der Waals surface area (Å²) in [5.74, 6) is -3.02. The first-order valence-electron chi connectivity index (χ1n) is 11.3. The van der Waals surface area contributed by atoms with Crippen LogP contribution in [0.25, 0.3) is 23.0 Å². The van der Waals surface area contributed by atoms with Crippen LogP contribution in [-0.2, 0) is 0 Å². The van der Waals surface area contributed by atoms with Gasteiger partial charge in [-0.2, -0.15) is 4.98 Å². The van der Waals surface area contributed by atoms with E-state index in [1.807, 2.05) is 11.8 Å². The highest BCUT2D eigenvalue weighted by Gasteiger charge is 2.46. The standard InChI is InChI=1S/C23H20F4N8/c1-2-17-21-32-30-12-34(21)18-11-29-22(31-20(18)35(17)14-5-6-23(26,27)10-14)33-8-7-28-19(33)13-3-4-15(24)16(25)9-13/h3-4,7-9,11-12,14,17H,2,5-6,10H2,1H3/t14?,17-/m1/s1. The fraction of sp³-hybridized carbons (Fsp3) is 0.348. The Labute approximate surface area is 197 Å². The van der Waals surface area contributed by atoms with Gasteiger partial charge in [0.2, 0.25) is 11.9 Å². The van der Waals surface area contributed by atoms with Crippen molar-refractivity contribution in [2.24, 2.45) is 0 Å². The van der Waals surface area contributed by atoms with Crippen molar-refractivity contribution in [3.8, 4) is 23.0 Å². The van der Waals surface area contributed by atoms with Crippen molar-refractivity contribution >= 4 is 5.82 Å². The SMILES string of the molecule is CC[C@@H]1c2nncn2-c2cnc(-n3ccnc3-c3ccc(F)c(F)c3)nc2N1C1CCC(F)(F)C1. The van der Waals surface area contributed by atoms with Gasteiger partial charge in [0, 0.05) is 36.8 Å². The lowest BCUT2D eigenvalue weighted by molar-refractivity contribution is 0.00746. The second kappa shape index (κ2) is 7.85. The fourth-order valence-electron chi connectivity index (χ4n) is 5.05. The molecular weight excluding hydrogens is 464 g/mol. The van der Waals surface area contributed by atoms with Crippen molar-refractivity contribution in [2.45, 2.75) is 50.6 Å². The predicted molar refractivity (Wildman–Crippen MR) is 118 cm³/mol. The van der Waals surface area contributed by atoms with Gasteiger partial charge < -0.3 is 4.90 Å². The van der Waals surface area contributed by atoms with E-state index in [0.717, 1.165) is 12.1 Å². The summed E-state index contributed by atoms with van der Waals surface area (Å²) in [4.78, 5) is 15.4. The third-order valence-corrected chi connectivity index (χ3v) is 6.64. The van der Waals surface area contributed by atoms with Crippen LogP contribution >= 0.6 is 0 Å². The highest BCUT2D eigenvalue weighted by molar-refractivity contribution is 5.64. The molecule has 0 radical (unpaired) electrons. The number of rotatable bonds is 4. The summed E-state index contributed by atoms with van der Waals surface area (Å²) < 4.78 is 59.1. The molecule has 1 saturated carbocycles. The Bertz CT molecular complexity index is 1410. The maximum Gasteiger partial charge on any atom is 0.250 e. The van der Waals surface area contributed by atoms with E-state index in [2.05, 4.69) is 20.2 Å². The molecule has 4 heterocycles. The second-order valence-electron chi connectivity index (χ2n) is 8.77. The van der Waals surface area contributed by atoms with Crippen LogP contribution in [0.1, 0.15) is 44.5 Å². The van der Waals surface area contributed by atoms with Gasteiger partial charge in [0.1, 0.15) is 17.8 Å². The van der Waals surface area contributed by atoms with Crippen molar-refractivity contribution in [3.05, 3.63) is 60.6 Å². The summed E-state index contributed by atoms with van der Waals surface area (Å²) in [6.45, 7) is 1.97. The van der Waals surface area contributed by atoms with Crippen molar-refractivity contribution in [3.63, 3.8) is 0 Å². The quantitative estimate of drug-likeness (QED) is 0.393. The van der Waals surface area contributed by atoms with E-state index >= 15 is 0 Å². The van der Waals surface area contributed by atoms with Crippen LogP contribution in [0.15, 0.2) is 43.1 Å². The Morgan fingerprint density at radius 1 is 1.11 bits per heavy atom. The van der Waals surface area contributed by atoms with Crippen LogP contribution in [-0.4, -0.2) is 46.2 Å². The predicted octanol–water partition coefficient (Wildman–Crippen LogP) is 4.65. The largest absolute Gasteiger partial charge is 0.341 e. The van der Waals surface area contributed by atoms with Gasteiger partial charge >= 0.3 is 0 Å². The molecule has 6 rings (SSSR count). The Morgan fingerprint density at radius 3 is 2.71 bits per heavy atom. The van der Waals surface area contributed by atoms with Gasteiger partial charge in [-0.3, -0.25) is 9.13 Å². The number of alkyl halides is 2. The number of fused-ring (bicyclic) bond motifs is 3. The van der Waals surface area contributed by atoms with Crippen LogP contribution in [0.5, 0.6) is 0 Å². The number of nitrogens with zero attached hydrogens (tertiary/aromatic N) is 8. The molecule has 180 valence electrons. The molecular formula is C23H20F4N8. The first-order valence-corrected chi connectivity index (χ1v) is 11.3. The van der Waals surface area contributed by atoms with Gasteiger partial charge in [0.15, 0.2) is 23.3 Å². The van der Waals surface area contributed by atoms with E-state index < -0.39 is 23.6 Å². The Hall–Kier alpha value is -3.83. The fourth-order valence-corrected chi connectivity index (χ4v) is 5.05. The molecule has 3 aromatic heterocycles. The zero-order valence-corrected chi connectivity index (χ0v) is 18.6. The molecule has 1 unspecified atom stereocenters. The second-order valence-corrected chi connectivity index (χ2v) is 8.77. The molecule has 35 heavy (non-hydrogen) atoms. The highest BCUT2D eigenvalue weighted by atomic mass is 19.3. The molecule has 1 fully saturated rings. The van der Waals surface area contributed by atoms with Gasteiger partial charge in [-0.05, 0) is 31.0 Å². The Morgan fingerprint density at radius 2 is 1.97 bits per heavy atom. The molecule has 0 saturated heterocycles. The number of imidazole rings is 1. The highest BCUT2D eigenvalue weighted by Crippen LogP contribution is 2.46. The van der Waals surface area contributed by atoms with Crippen molar-refractivity contribution < 1.29 is 17.6 Å². The molecule has 8 nitrogen and oxygen atoms in total. The third kappa shape index (κ3) is 3.46. The zero-order chi connectivity index (χ0) is 24.3. The molecule has 2 atom stereocenters.